The van der Waals surface area contributed by atoms with Crippen LogP contribution in [0.5, 0.6) is 0 Å². The molecule has 1 rings (SSSR count). The molecule has 17 heavy (non-hydrogen) atoms. The molecule has 1 atom stereocenters. The summed E-state index contributed by atoms with van der Waals surface area (Å²) in [6.45, 7) is 13.9. The van der Waals surface area contributed by atoms with Crippen LogP contribution < -0.4 is 0 Å². The van der Waals surface area contributed by atoms with E-state index in [-0.39, 0.29) is 11.5 Å². The number of allylic oxidation sites excluding steroid dienone is 1. The van der Waals surface area contributed by atoms with E-state index in [2.05, 4.69) is 6.58 Å². The predicted octanol–water partition coefficient (Wildman–Crippen LogP) is 2.23. The van der Waals surface area contributed by atoms with Gasteiger partial charge in [0.2, 0.25) is 5.60 Å². The molecule has 1 heterocycles. The molecule has 0 spiro atoms. The Hall–Kier alpha value is -1.32. The summed E-state index contributed by atoms with van der Waals surface area (Å²) in [7, 11) is 0. The monoisotopic (exact) mass is 240 g/mol. The summed E-state index contributed by atoms with van der Waals surface area (Å²) >= 11 is 0. The maximum Gasteiger partial charge on any atom is 0.351 e. The van der Waals surface area contributed by atoms with Gasteiger partial charge in [-0.05, 0) is 20.8 Å². The van der Waals surface area contributed by atoms with Crippen LogP contribution in [-0.4, -0.2) is 23.0 Å². The third-order valence-corrected chi connectivity index (χ3v) is 4.16. The minimum atomic E-state index is -1.20. The summed E-state index contributed by atoms with van der Waals surface area (Å²) in [5.41, 5.74) is -2.43. The van der Waals surface area contributed by atoms with Crippen molar-refractivity contribution in [1.82, 2.24) is 0 Å². The van der Waals surface area contributed by atoms with E-state index in [4.69, 9.17) is 9.47 Å². The average molecular weight is 240 g/mol. The molecule has 1 fully saturated rings. The highest BCUT2D eigenvalue weighted by Crippen LogP contribution is 2.52. The number of hydrogen-bond acceptors (Lipinski definition) is 4. The molecular formula is C13H20O4. The lowest BCUT2D eigenvalue weighted by molar-refractivity contribution is -0.159. The molecule has 1 aliphatic rings. The van der Waals surface area contributed by atoms with Crippen molar-refractivity contribution in [3.63, 3.8) is 0 Å². The van der Waals surface area contributed by atoms with E-state index in [0.29, 0.717) is 0 Å². The third kappa shape index (κ3) is 1.75. The molecule has 0 aromatic rings. The van der Waals surface area contributed by atoms with E-state index in [1.54, 1.807) is 6.92 Å². The quantitative estimate of drug-likeness (QED) is 0.431. The number of ketones is 1. The first kappa shape index (κ1) is 13.7. The summed E-state index contributed by atoms with van der Waals surface area (Å²) in [4.78, 5) is 23.2. The normalized spacial score (nSPS) is 29.6. The maximum atomic E-state index is 12.0. The van der Waals surface area contributed by atoms with Crippen LogP contribution in [0, 0.1) is 5.41 Å². The van der Waals surface area contributed by atoms with Gasteiger partial charge in [0.15, 0.2) is 11.5 Å². The first-order valence-electron chi connectivity index (χ1n) is 5.58. The zero-order valence-corrected chi connectivity index (χ0v) is 11.3. The molecule has 4 heteroatoms. The van der Waals surface area contributed by atoms with Gasteiger partial charge in [0, 0.05) is 6.92 Å². The summed E-state index contributed by atoms with van der Waals surface area (Å²) in [6.07, 6.45) is 0. The van der Waals surface area contributed by atoms with Crippen LogP contribution in [0.25, 0.3) is 0 Å². The number of carbonyl (C=O) groups is 2. The molecule has 0 saturated carbocycles. The highest BCUT2D eigenvalue weighted by atomic mass is 16.6. The average Bonchev–Trinajstić information content (AvgIpc) is 2.25. The molecule has 0 aromatic carbocycles. The van der Waals surface area contributed by atoms with Crippen LogP contribution >= 0.6 is 0 Å². The lowest BCUT2D eigenvalue weighted by Gasteiger charge is -2.40. The van der Waals surface area contributed by atoms with Crippen molar-refractivity contribution in [2.75, 3.05) is 0 Å². The highest BCUT2D eigenvalue weighted by molar-refractivity contribution is 5.92. The van der Waals surface area contributed by atoms with Crippen LogP contribution in [0.2, 0.25) is 0 Å². The fourth-order valence-electron chi connectivity index (χ4n) is 1.77. The summed E-state index contributed by atoms with van der Waals surface area (Å²) < 4.78 is 10.8. The molecule has 1 aliphatic heterocycles. The Balaban J connectivity index is 3.15. The Bertz CT molecular complexity index is 392. The first-order valence-corrected chi connectivity index (χ1v) is 5.58. The predicted molar refractivity (Wildman–Crippen MR) is 63.3 cm³/mol. The van der Waals surface area contributed by atoms with E-state index >= 15 is 0 Å². The van der Waals surface area contributed by atoms with Gasteiger partial charge in [-0.25, -0.2) is 4.79 Å². The topological polar surface area (TPSA) is 52.6 Å². The van der Waals surface area contributed by atoms with Gasteiger partial charge in [0.05, 0.1) is 5.41 Å². The number of carbonyl (C=O) groups excluding carboxylic acids is 2. The van der Waals surface area contributed by atoms with Crippen molar-refractivity contribution in [3.05, 3.63) is 12.3 Å². The summed E-state index contributed by atoms with van der Waals surface area (Å²) in [5.74, 6) is -0.773. The second kappa shape index (κ2) is 3.59. The number of Topliss-reactive ketones (excluding diaryl/α,β-unsaturated/α-hetero) is 1. The second-order valence-corrected chi connectivity index (χ2v) is 5.64. The SMILES string of the molecule is C=C(OC1(C)C(=O)OC(C)(C)C1(C)C)C(C)=O. The third-order valence-electron chi connectivity index (χ3n) is 4.16. The number of rotatable bonds is 3. The zero-order valence-electron chi connectivity index (χ0n) is 11.3. The molecule has 0 bridgehead atoms. The Morgan fingerprint density at radius 1 is 1.24 bits per heavy atom. The van der Waals surface area contributed by atoms with E-state index in [1.807, 2.05) is 27.7 Å². The van der Waals surface area contributed by atoms with Gasteiger partial charge >= 0.3 is 5.97 Å². The minimum absolute atomic E-state index is 0.0183. The number of ether oxygens (including phenoxy) is 2. The fourth-order valence-corrected chi connectivity index (χ4v) is 1.77. The molecule has 96 valence electrons. The molecule has 1 unspecified atom stereocenters. The first-order chi connectivity index (χ1) is 7.46. The molecule has 1 saturated heterocycles. The molecule has 0 radical (unpaired) electrons. The summed E-state index contributed by atoms with van der Waals surface area (Å²) in [6, 6.07) is 0. The molecule has 0 N–H and O–H groups in total. The van der Waals surface area contributed by atoms with E-state index in [1.165, 1.54) is 6.92 Å². The Morgan fingerprint density at radius 2 is 1.71 bits per heavy atom. The number of hydrogen-bond donors (Lipinski definition) is 0. The van der Waals surface area contributed by atoms with Crippen molar-refractivity contribution < 1.29 is 19.1 Å². The number of cyclic esters (lactones) is 1. The minimum Gasteiger partial charge on any atom is -0.472 e. The summed E-state index contributed by atoms with van der Waals surface area (Å²) in [5, 5.41) is 0. The molecular weight excluding hydrogens is 220 g/mol. The van der Waals surface area contributed by atoms with Crippen LogP contribution in [0.3, 0.4) is 0 Å². The van der Waals surface area contributed by atoms with Gasteiger partial charge in [0.1, 0.15) is 5.60 Å². The van der Waals surface area contributed by atoms with E-state index in [9.17, 15) is 9.59 Å². The number of esters is 1. The maximum absolute atomic E-state index is 12.0. The van der Waals surface area contributed by atoms with Gasteiger partial charge in [0.25, 0.3) is 0 Å². The standard InChI is InChI=1S/C13H20O4/c1-8(14)9(2)16-13(7)10(15)17-12(5,6)11(13,3)4/h2H2,1,3-7H3. The van der Waals surface area contributed by atoms with Crippen molar-refractivity contribution in [1.29, 1.82) is 0 Å². The smallest absolute Gasteiger partial charge is 0.351 e. The van der Waals surface area contributed by atoms with Crippen molar-refractivity contribution in [2.24, 2.45) is 5.41 Å². The van der Waals surface area contributed by atoms with Crippen molar-refractivity contribution in [3.8, 4) is 0 Å². The molecule has 0 aliphatic carbocycles. The molecule has 0 aromatic heterocycles. The lowest BCUT2D eigenvalue weighted by Crippen LogP contribution is -2.51. The van der Waals surface area contributed by atoms with Crippen LogP contribution in [0.1, 0.15) is 41.5 Å². The zero-order chi connectivity index (χ0) is 13.6. The van der Waals surface area contributed by atoms with Crippen molar-refractivity contribution >= 4 is 11.8 Å². The highest BCUT2D eigenvalue weighted by Gasteiger charge is 2.66. The second-order valence-electron chi connectivity index (χ2n) is 5.64. The van der Waals surface area contributed by atoms with Crippen molar-refractivity contribution in [2.45, 2.75) is 52.7 Å². The molecule has 0 amide bonds. The van der Waals surface area contributed by atoms with E-state index in [0.717, 1.165) is 0 Å². The van der Waals surface area contributed by atoms with Gasteiger partial charge < -0.3 is 9.47 Å². The molecule has 4 nitrogen and oxygen atoms in total. The Morgan fingerprint density at radius 3 is 2.00 bits per heavy atom. The van der Waals surface area contributed by atoms with Crippen LogP contribution in [-0.2, 0) is 19.1 Å². The Labute approximate surface area is 102 Å². The van der Waals surface area contributed by atoms with Gasteiger partial charge in [-0.15, -0.1) is 0 Å². The van der Waals surface area contributed by atoms with Crippen LogP contribution in [0.15, 0.2) is 12.3 Å². The van der Waals surface area contributed by atoms with Gasteiger partial charge in [-0.2, -0.15) is 0 Å². The largest absolute Gasteiger partial charge is 0.472 e. The fraction of sp³-hybridized carbons (Fsp3) is 0.692. The lowest BCUT2D eigenvalue weighted by atomic mass is 9.68. The van der Waals surface area contributed by atoms with E-state index < -0.39 is 22.6 Å². The van der Waals surface area contributed by atoms with Gasteiger partial charge in [-0.3, -0.25) is 4.79 Å². The van der Waals surface area contributed by atoms with Gasteiger partial charge in [-0.1, -0.05) is 20.4 Å². The Kier molecular flexibility index (Phi) is 2.90. The van der Waals surface area contributed by atoms with Crippen LogP contribution in [0.4, 0.5) is 0 Å².